The van der Waals surface area contributed by atoms with Crippen LogP contribution in [0.5, 0.6) is 0 Å². The van der Waals surface area contributed by atoms with Gasteiger partial charge in [-0.1, -0.05) is 13.8 Å². The molecule has 0 spiro atoms. The maximum absolute atomic E-state index is 12.9. The number of nitrogens with one attached hydrogen (secondary N) is 1. The van der Waals surface area contributed by atoms with Gasteiger partial charge in [-0.15, -0.1) is 0 Å². The molecular formula is C16H29N3O5. The second-order valence-electron chi connectivity index (χ2n) is 6.58. The third kappa shape index (κ3) is 4.67. The van der Waals surface area contributed by atoms with Crippen molar-refractivity contribution < 1.29 is 24.6 Å². The van der Waals surface area contributed by atoms with Crippen molar-refractivity contribution in [3.05, 3.63) is 0 Å². The van der Waals surface area contributed by atoms with Gasteiger partial charge in [-0.25, -0.2) is 4.79 Å². The molecule has 0 heterocycles. The van der Waals surface area contributed by atoms with Crippen molar-refractivity contribution in [2.45, 2.75) is 64.1 Å². The van der Waals surface area contributed by atoms with Crippen LogP contribution in [-0.4, -0.2) is 63.7 Å². The third-order valence-corrected chi connectivity index (χ3v) is 4.45. The second kappa shape index (κ2) is 8.43. The van der Waals surface area contributed by atoms with Gasteiger partial charge in [0.1, 0.15) is 6.04 Å². The summed E-state index contributed by atoms with van der Waals surface area (Å²) in [5.41, 5.74) is 4.05. The number of rotatable bonds is 8. The molecule has 4 atom stereocenters. The van der Waals surface area contributed by atoms with Crippen LogP contribution in [0.2, 0.25) is 0 Å². The van der Waals surface area contributed by atoms with Crippen LogP contribution in [0.15, 0.2) is 0 Å². The molecule has 2 amide bonds. The average Bonchev–Trinajstić information content (AvgIpc) is 2.80. The fourth-order valence-corrected chi connectivity index (χ4v) is 3.35. The first-order valence-electron chi connectivity index (χ1n) is 8.43. The molecule has 1 rings (SSSR count). The Morgan fingerprint density at radius 2 is 1.79 bits per heavy atom. The topological polar surface area (TPSA) is 133 Å². The number of nitrogens with zero attached hydrogens (tertiary/aromatic N) is 1. The normalized spacial score (nSPS) is 27.5. The van der Waals surface area contributed by atoms with Crippen molar-refractivity contribution in [2.75, 3.05) is 13.1 Å². The zero-order chi connectivity index (χ0) is 18.5. The van der Waals surface area contributed by atoms with E-state index < -0.39 is 29.6 Å². The Kier molecular flexibility index (Phi) is 7.16. The van der Waals surface area contributed by atoms with E-state index in [2.05, 4.69) is 5.32 Å². The van der Waals surface area contributed by atoms with E-state index in [0.29, 0.717) is 13.1 Å². The fourth-order valence-electron chi connectivity index (χ4n) is 3.35. The van der Waals surface area contributed by atoms with E-state index in [4.69, 9.17) is 5.73 Å². The van der Waals surface area contributed by atoms with E-state index in [1.54, 1.807) is 4.90 Å². The SMILES string of the molecule is CCCN(CCC)C(=O)C(NC(C)=O)[C@H]1C[C@@](O)(C(=O)O)C[C@@H]1N. The molecule has 0 aliphatic heterocycles. The Morgan fingerprint density at radius 3 is 2.17 bits per heavy atom. The highest BCUT2D eigenvalue weighted by Gasteiger charge is 2.52. The van der Waals surface area contributed by atoms with Crippen LogP contribution in [0, 0.1) is 5.92 Å². The summed E-state index contributed by atoms with van der Waals surface area (Å²) in [5.74, 6) is -2.64. The number of carbonyl (C=O) groups is 3. The number of carboxylic acid groups (broad SMARTS) is 1. The minimum atomic E-state index is -1.96. The van der Waals surface area contributed by atoms with E-state index >= 15 is 0 Å². The summed E-state index contributed by atoms with van der Waals surface area (Å²) in [6.45, 7) is 6.30. The average molecular weight is 343 g/mol. The first-order chi connectivity index (χ1) is 11.2. The van der Waals surface area contributed by atoms with Gasteiger partial charge in [0.05, 0.1) is 0 Å². The smallest absolute Gasteiger partial charge is 0.335 e. The van der Waals surface area contributed by atoms with Crippen molar-refractivity contribution in [3.63, 3.8) is 0 Å². The summed E-state index contributed by atoms with van der Waals surface area (Å²) in [5, 5.41) is 22.0. The Hall–Kier alpha value is -1.67. The molecule has 1 unspecified atom stereocenters. The van der Waals surface area contributed by atoms with Gasteiger partial charge in [0.15, 0.2) is 5.60 Å². The highest BCUT2D eigenvalue weighted by Crippen LogP contribution is 2.36. The molecule has 0 aromatic carbocycles. The van der Waals surface area contributed by atoms with E-state index in [-0.39, 0.29) is 24.7 Å². The molecule has 0 radical (unpaired) electrons. The van der Waals surface area contributed by atoms with Crippen molar-refractivity contribution in [1.29, 1.82) is 0 Å². The number of aliphatic hydroxyl groups is 1. The number of carbonyl (C=O) groups excluding carboxylic acids is 2. The molecule has 0 saturated heterocycles. The van der Waals surface area contributed by atoms with Crippen LogP contribution in [0.25, 0.3) is 0 Å². The predicted molar refractivity (Wildman–Crippen MR) is 88.1 cm³/mol. The maximum atomic E-state index is 12.9. The highest BCUT2D eigenvalue weighted by atomic mass is 16.4. The van der Waals surface area contributed by atoms with Gasteiger partial charge in [-0.2, -0.15) is 0 Å². The Balaban J connectivity index is 3.06. The quantitative estimate of drug-likeness (QED) is 0.478. The molecule has 1 fully saturated rings. The third-order valence-electron chi connectivity index (χ3n) is 4.45. The molecule has 1 saturated carbocycles. The zero-order valence-corrected chi connectivity index (χ0v) is 14.6. The molecular weight excluding hydrogens is 314 g/mol. The minimum absolute atomic E-state index is 0.141. The Bertz CT molecular complexity index is 478. The number of amides is 2. The molecule has 8 heteroatoms. The van der Waals surface area contributed by atoms with Crippen molar-refractivity contribution >= 4 is 17.8 Å². The molecule has 0 aromatic rings. The van der Waals surface area contributed by atoms with E-state index in [9.17, 15) is 24.6 Å². The predicted octanol–water partition coefficient (Wildman–Crippen LogP) is -0.307. The number of nitrogens with two attached hydrogens (primary N) is 1. The summed E-state index contributed by atoms with van der Waals surface area (Å²) >= 11 is 0. The highest BCUT2D eigenvalue weighted by molar-refractivity contribution is 5.88. The summed E-state index contributed by atoms with van der Waals surface area (Å²) in [6.07, 6.45) is 1.24. The van der Waals surface area contributed by atoms with Crippen LogP contribution in [0.1, 0.15) is 46.5 Å². The Morgan fingerprint density at radius 1 is 1.25 bits per heavy atom. The molecule has 0 bridgehead atoms. The standard InChI is InChI=1S/C16H29N3O5/c1-4-6-19(7-5-2)14(21)13(18-10(3)20)11-8-16(24,15(22)23)9-12(11)17/h11-13,24H,4-9,17H2,1-3H3,(H,18,20)(H,22,23)/t11-,12-,13?,16-/m0/s1. The number of hydrogen-bond donors (Lipinski definition) is 4. The largest absolute Gasteiger partial charge is 0.479 e. The minimum Gasteiger partial charge on any atom is -0.479 e. The first-order valence-corrected chi connectivity index (χ1v) is 8.43. The molecule has 0 aromatic heterocycles. The summed E-state index contributed by atoms with van der Waals surface area (Å²) < 4.78 is 0. The maximum Gasteiger partial charge on any atom is 0.335 e. The number of hydrogen-bond acceptors (Lipinski definition) is 5. The first kappa shape index (κ1) is 20.4. The molecule has 24 heavy (non-hydrogen) atoms. The van der Waals surface area contributed by atoms with Crippen LogP contribution >= 0.6 is 0 Å². The summed E-state index contributed by atoms with van der Waals surface area (Å²) in [4.78, 5) is 37.4. The van der Waals surface area contributed by atoms with Gasteiger partial charge in [0.25, 0.3) is 0 Å². The van der Waals surface area contributed by atoms with Crippen molar-refractivity contribution in [2.24, 2.45) is 11.7 Å². The zero-order valence-electron chi connectivity index (χ0n) is 14.6. The van der Waals surface area contributed by atoms with Crippen LogP contribution in [0.3, 0.4) is 0 Å². The van der Waals surface area contributed by atoms with Crippen molar-refractivity contribution in [1.82, 2.24) is 10.2 Å². The monoisotopic (exact) mass is 343 g/mol. The lowest BCUT2D eigenvalue weighted by Gasteiger charge is -2.32. The van der Waals surface area contributed by atoms with Crippen molar-refractivity contribution in [3.8, 4) is 0 Å². The summed E-state index contributed by atoms with van der Waals surface area (Å²) in [6, 6.07) is -1.61. The van der Waals surface area contributed by atoms with Gasteiger partial charge in [0, 0.05) is 38.4 Å². The van der Waals surface area contributed by atoms with Crippen LogP contribution in [0.4, 0.5) is 0 Å². The summed E-state index contributed by atoms with van der Waals surface area (Å²) in [7, 11) is 0. The van der Waals surface area contributed by atoms with Gasteiger partial charge >= 0.3 is 5.97 Å². The number of carboxylic acids is 1. The lowest BCUT2D eigenvalue weighted by atomic mass is 9.91. The number of aliphatic carboxylic acids is 1. The van der Waals surface area contributed by atoms with Gasteiger partial charge in [-0.3, -0.25) is 9.59 Å². The van der Waals surface area contributed by atoms with Gasteiger partial charge < -0.3 is 26.2 Å². The van der Waals surface area contributed by atoms with Gasteiger partial charge in [0.2, 0.25) is 11.8 Å². The fraction of sp³-hybridized carbons (Fsp3) is 0.812. The molecule has 138 valence electrons. The van der Waals surface area contributed by atoms with E-state index in [0.717, 1.165) is 12.8 Å². The second-order valence-corrected chi connectivity index (χ2v) is 6.58. The molecule has 5 N–H and O–H groups in total. The lowest BCUT2D eigenvalue weighted by molar-refractivity contribution is -0.158. The molecule has 1 aliphatic rings. The van der Waals surface area contributed by atoms with E-state index in [1.807, 2.05) is 13.8 Å². The van der Waals surface area contributed by atoms with Gasteiger partial charge in [-0.05, 0) is 19.3 Å². The lowest BCUT2D eigenvalue weighted by Crippen LogP contribution is -2.55. The molecule has 1 aliphatic carbocycles. The van der Waals surface area contributed by atoms with Crippen LogP contribution < -0.4 is 11.1 Å². The Labute approximate surface area is 142 Å². The van der Waals surface area contributed by atoms with E-state index in [1.165, 1.54) is 6.92 Å². The van der Waals surface area contributed by atoms with Crippen LogP contribution in [-0.2, 0) is 14.4 Å². The molecule has 8 nitrogen and oxygen atoms in total.